The molecule has 3 rings (SSSR count). The van der Waals surface area contributed by atoms with E-state index >= 15 is 0 Å². The third-order valence-electron chi connectivity index (χ3n) is 4.42. The molecule has 0 aliphatic carbocycles. The highest BCUT2D eigenvalue weighted by Gasteiger charge is 2.30. The van der Waals surface area contributed by atoms with E-state index in [1.54, 1.807) is 0 Å². The molecule has 170 valence electrons. The van der Waals surface area contributed by atoms with E-state index in [9.17, 15) is 32.3 Å². The first kappa shape index (κ1) is 23.0. The number of carbonyl (C=O) groups is 2. The normalized spacial score (nSPS) is 12.5. The Morgan fingerprint density at radius 3 is 2.50 bits per heavy atom. The summed E-state index contributed by atoms with van der Waals surface area (Å²) in [4.78, 5) is 24.2. The lowest BCUT2D eigenvalue weighted by Gasteiger charge is -2.16. The second kappa shape index (κ2) is 9.22. The molecule has 0 fully saturated rings. The number of carboxylic acid groups (broad SMARTS) is 1. The fourth-order valence-electron chi connectivity index (χ4n) is 2.95. The molecule has 32 heavy (non-hydrogen) atoms. The monoisotopic (exact) mass is 454 g/mol. The molecule has 4 N–H and O–H groups in total. The number of halogens is 4. The molecule has 2 aromatic carbocycles. The number of fused-ring (bicyclic) bond motifs is 1. The molecule has 0 spiro atoms. The summed E-state index contributed by atoms with van der Waals surface area (Å²) < 4.78 is 58.1. The van der Waals surface area contributed by atoms with E-state index in [-0.39, 0.29) is 40.9 Å². The Kier molecular flexibility index (Phi) is 6.63. The van der Waals surface area contributed by atoms with Gasteiger partial charge in [-0.15, -0.1) is 0 Å². The van der Waals surface area contributed by atoms with Gasteiger partial charge in [0.25, 0.3) is 5.91 Å². The molecule has 1 aromatic heterocycles. The average Bonchev–Trinajstić information content (AvgIpc) is 3.08. The molecular formula is C20H18F4N4O4. The number of nitrogens with zero attached hydrogens (tertiary/aromatic N) is 2. The van der Waals surface area contributed by atoms with Crippen LogP contribution in [0.15, 0.2) is 42.6 Å². The summed E-state index contributed by atoms with van der Waals surface area (Å²) in [6, 6.07) is 5.94. The van der Waals surface area contributed by atoms with Crippen LogP contribution in [0.25, 0.3) is 10.9 Å². The zero-order chi connectivity index (χ0) is 23.5. The molecule has 3 aromatic rings. The summed E-state index contributed by atoms with van der Waals surface area (Å²) in [6.45, 7) is -1.41. The van der Waals surface area contributed by atoms with Gasteiger partial charge in [-0.1, -0.05) is 0 Å². The number of ether oxygens (including phenoxy) is 1. The van der Waals surface area contributed by atoms with Gasteiger partial charge in [-0.3, -0.25) is 9.48 Å². The first-order valence-electron chi connectivity index (χ1n) is 9.31. The number of hydrogen-bond acceptors (Lipinski definition) is 5. The van der Waals surface area contributed by atoms with E-state index in [0.717, 1.165) is 18.2 Å². The second-order valence-corrected chi connectivity index (χ2v) is 6.82. The number of aromatic nitrogens is 2. The third kappa shape index (κ3) is 5.52. The highest BCUT2D eigenvalue weighted by molar-refractivity contribution is 6.02. The lowest BCUT2D eigenvalue weighted by atomic mass is 10.1. The van der Waals surface area contributed by atoms with Gasteiger partial charge in [-0.2, -0.15) is 18.3 Å². The smallest absolute Gasteiger partial charge is 0.408 e. The van der Waals surface area contributed by atoms with Gasteiger partial charge >= 0.3 is 12.1 Å². The van der Waals surface area contributed by atoms with Crippen molar-refractivity contribution in [3.8, 4) is 11.5 Å². The van der Waals surface area contributed by atoms with Crippen molar-refractivity contribution in [1.82, 2.24) is 15.1 Å². The summed E-state index contributed by atoms with van der Waals surface area (Å²) in [5, 5.41) is 15.5. The van der Waals surface area contributed by atoms with Gasteiger partial charge < -0.3 is 20.9 Å². The fraction of sp³-hybridized carbons (Fsp3) is 0.250. The average molecular weight is 454 g/mol. The molecule has 1 heterocycles. The molecule has 1 atom stereocenters. The van der Waals surface area contributed by atoms with E-state index in [1.165, 1.54) is 24.4 Å². The van der Waals surface area contributed by atoms with E-state index < -0.39 is 36.5 Å². The molecule has 0 radical (unpaired) electrons. The maximum atomic E-state index is 13.2. The standard InChI is InChI=1S/C20H18F4N4O4/c21-12-1-3-13(4-2-12)32-17-7-11-9-26-28(10-20(22,23)24)16(11)8-14(17)18(29)27-15(5-6-25)19(30)31/h1-4,7-9,15H,5-6,10,25H2,(H,27,29)(H,30,31). The zero-order valence-corrected chi connectivity index (χ0v) is 16.4. The Labute approximate surface area is 178 Å². The lowest BCUT2D eigenvalue weighted by Crippen LogP contribution is -2.42. The Bertz CT molecular complexity index is 1130. The molecule has 0 saturated carbocycles. The van der Waals surface area contributed by atoms with Crippen LogP contribution in [0.5, 0.6) is 11.5 Å². The number of rotatable bonds is 8. The summed E-state index contributed by atoms with van der Waals surface area (Å²) in [5.41, 5.74) is 5.14. The molecule has 0 saturated heterocycles. The van der Waals surface area contributed by atoms with Crippen molar-refractivity contribution in [2.24, 2.45) is 5.73 Å². The van der Waals surface area contributed by atoms with Crippen LogP contribution in [0.3, 0.4) is 0 Å². The summed E-state index contributed by atoms with van der Waals surface area (Å²) >= 11 is 0. The van der Waals surface area contributed by atoms with Gasteiger partial charge in [0.1, 0.15) is 29.9 Å². The molecule has 1 unspecified atom stereocenters. The highest BCUT2D eigenvalue weighted by atomic mass is 19.4. The molecule has 0 aliphatic rings. The van der Waals surface area contributed by atoms with Gasteiger partial charge in [-0.05, 0) is 49.4 Å². The lowest BCUT2D eigenvalue weighted by molar-refractivity contribution is -0.142. The summed E-state index contributed by atoms with van der Waals surface area (Å²) in [5.74, 6) is -2.67. The summed E-state index contributed by atoms with van der Waals surface area (Å²) in [7, 11) is 0. The van der Waals surface area contributed by atoms with Gasteiger partial charge in [0.2, 0.25) is 0 Å². The van der Waals surface area contributed by atoms with Crippen molar-refractivity contribution in [3.63, 3.8) is 0 Å². The SMILES string of the molecule is NCCC(NC(=O)c1cc2c(cnn2CC(F)(F)F)cc1Oc1ccc(F)cc1)C(=O)O. The second-order valence-electron chi connectivity index (χ2n) is 6.82. The number of aliphatic carboxylic acids is 1. The predicted octanol–water partition coefficient (Wildman–Crippen LogP) is 3.06. The number of carboxylic acids is 1. The molecule has 1 amide bonds. The van der Waals surface area contributed by atoms with Gasteiger partial charge in [0, 0.05) is 5.39 Å². The number of alkyl halides is 3. The minimum atomic E-state index is -4.56. The van der Waals surface area contributed by atoms with Crippen LogP contribution in [0.1, 0.15) is 16.8 Å². The molecular weight excluding hydrogens is 436 g/mol. The van der Waals surface area contributed by atoms with Gasteiger partial charge in [-0.25, -0.2) is 9.18 Å². The highest BCUT2D eigenvalue weighted by Crippen LogP contribution is 2.31. The largest absolute Gasteiger partial charge is 0.480 e. The minimum Gasteiger partial charge on any atom is -0.480 e. The van der Waals surface area contributed by atoms with Gasteiger partial charge in [0.05, 0.1) is 17.3 Å². The van der Waals surface area contributed by atoms with Crippen molar-refractivity contribution in [1.29, 1.82) is 0 Å². The Morgan fingerprint density at radius 1 is 1.22 bits per heavy atom. The van der Waals surface area contributed by atoms with E-state index in [2.05, 4.69) is 10.4 Å². The number of nitrogens with two attached hydrogens (primary N) is 1. The number of carbonyl (C=O) groups excluding carboxylic acids is 1. The molecule has 8 nitrogen and oxygen atoms in total. The summed E-state index contributed by atoms with van der Waals surface area (Å²) in [6.07, 6.45) is -3.45. The zero-order valence-electron chi connectivity index (χ0n) is 16.4. The first-order chi connectivity index (χ1) is 15.1. The number of amides is 1. The van der Waals surface area contributed by atoms with Crippen LogP contribution in [0.2, 0.25) is 0 Å². The molecule has 0 aliphatic heterocycles. The van der Waals surface area contributed by atoms with Crippen LogP contribution in [-0.2, 0) is 11.3 Å². The maximum absolute atomic E-state index is 13.2. The maximum Gasteiger partial charge on any atom is 0.408 e. The van der Waals surface area contributed by atoms with Crippen molar-refractivity contribution < 1.29 is 37.0 Å². The van der Waals surface area contributed by atoms with Crippen LogP contribution in [-0.4, -0.2) is 45.5 Å². The Hall–Kier alpha value is -3.67. The van der Waals surface area contributed by atoms with Crippen molar-refractivity contribution in [3.05, 3.63) is 54.0 Å². The Balaban J connectivity index is 2.05. The Morgan fingerprint density at radius 2 is 1.91 bits per heavy atom. The first-order valence-corrected chi connectivity index (χ1v) is 9.31. The van der Waals surface area contributed by atoms with Crippen LogP contribution < -0.4 is 15.8 Å². The van der Waals surface area contributed by atoms with Crippen molar-refractivity contribution in [2.45, 2.75) is 25.2 Å². The fourth-order valence-corrected chi connectivity index (χ4v) is 2.95. The predicted molar refractivity (Wildman–Crippen MR) is 105 cm³/mol. The van der Waals surface area contributed by atoms with Crippen molar-refractivity contribution in [2.75, 3.05) is 6.54 Å². The molecule has 12 heteroatoms. The van der Waals surface area contributed by atoms with Crippen LogP contribution >= 0.6 is 0 Å². The van der Waals surface area contributed by atoms with Crippen LogP contribution in [0.4, 0.5) is 17.6 Å². The van der Waals surface area contributed by atoms with Crippen LogP contribution in [0, 0.1) is 5.82 Å². The topological polar surface area (TPSA) is 119 Å². The molecule has 0 bridgehead atoms. The van der Waals surface area contributed by atoms with E-state index in [1.807, 2.05) is 0 Å². The quantitative estimate of drug-likeness (QED) is 0.450. The van der Waals surface area contributed by atoms with Gasteiger partial charge in [0.15, 0.2) is 0 Å². The number of nitrogens with one attached hydrogen (secondary N) is 1. The minimum absolute atomic E-state index is 0.00960. The van der Waals surface area contributed by atoms with E-state index in [0.29, 0.717) is 4.68 Å². The third-order valence-corrected chi connectivity index (χ3v) is 4.42. The van der Waals surface area contributed by atoms with E-state index in [4.69, 9.17) is 10.5 Å². The number of benzene rings is 2. The van der Waals surface area contributed by atoms with Crippen molar-refractivity contribution >= 4 is 22.8 Å². The number of hydrogen-bond donors (Lipinski definition) is 3.